The Bertz CT molecular complexity index is 1370. The number of amides is 1. The van der Waals surface area contributed by atoms with Crippen LogP contribution >= 0.6 is 23.2 Å². The lowest BCUT2D eigenvalue weighted by Gasteiger charge is -2.35. The third-order valence-corrected chi connectivity index (χ3v) is 6.25. The minimum Gasteiger partial charge on any atom is -0.410 e. The van der Waals surface area contributed by atoms with Crippen LogP contribution in [0.2, 0.25) is 10.0 Å². The summed E-state index contributed by atoms with van der Waals surface area (Å²) in [7, 11) is 0. The number of fused-ring (bicyclic) bond motifs is 3. The number of carbonyl (C=O) groups excluding carboxylic acids is 1. The van der Waals surface area contributed by atoms with Crippen molar-refractivity contribution in [3.05, 3.63) is 104 Å². The van der Waals surface area contributed by atoms with Crippen LogP contribution in [0, 0.1) is 10.1 Å². The van der Waals surface area contributed by atoms with Crippen LogP contribution in [0.4, 0.5) is 10.5 Å². The molecule has 0 radical (unpaired) electrons. The van der Waals surface area contributed by atoms with Gasteiger partial charge in [-0.3, -0.25) is 15.0 Å². The summed E-state index contributed by atoms with van der Waals surface area (Å²) in [6.45, 7) is 0.403. The molecule has 3 aromatic carbocycles. The van der Waals surface area contributed by atoms with Crippen LogP contribution in [-0.4, -0.2) is 27.4 Å². The average Bonchev–Trinajstić information content (AvgIpc) is 3.17. The van der Waals surface area contributed by atoms with E-state index in [0.717, 1.165) is 27.7 Å². The summed E-state index contributed by atoms with van der Waals surface area (Å²) < 4.78 is 5.62. The molecule has 0 fully saturated rings. The molecule has 1 amide bonds. The summed E-state index contributed by atoms with van der Waals surface area (Å²) in [6.07, 6.45) is 0.0810. The molecule has 0 spiro atoms. The Balaban J connectivity index is 1.58. The Hall–Kier alpha value is -3.55. The number of H-pyrrole nitrogens is 1. The fourth-order valence-corrected chi connectivity index (χ4v) is 4.54. The molecule has 1 unspecified atom stereocenters. The highest BCUT2D eigenvalue weighted by atomic mass is 35.5. The number of halogens is 2. The Morgan fingerprint density at radius 1 is 1.03 bits per heavy atom. The van der Waals surface area contributed by atoms with Crippen LogP contribution in [-0.2, 0) is 6.42 Å². The number of nitro groups is 1. The molecule has 0 saturated carbocycles. The van der Waals surface area contributed by atoms with E-state index in [1.54, 1.807) is 47.4 Å². The van der Waals surface area contributed by atoms with Crippen molar-refractivity contribution in [1.82, 2.24) is 9.88 Å². The summed E-state index contributed by atoms with van der Waals surface area (Å²) >= 11 is 12.2. The fraction of sp³-hybridized carbons (Fsp3) is 0.125. The van der Waals surface area contributed by atoms with E-state index in [2.05, 4.69) is 4.98 Å². The van der Waals surface area contributed by atoms with Crippen molar-refractivity contribution < 1.29 is 14.5 Å². The van der Waals surface area contributed by atoms with Crippen LogP contribution in [0.1, 0.15) is 22.9 Å². The lowest BCUT2D eigenvalue weighted by Crippen LogP contribution is -2.42. The molecule has 1 atom stereocenters. The summed E-state index contributed by atoms with van der Waals surface area (Å²) in [6, 6.07) is 17.8. The van der Waals surface area contributed by atoms with Crippen molar-refractivity contribution in [3.63, 3.8) is 0 Å². The number of benzene rings is 3. The minimum absolute atomic E-state index is 0.0199. The predicted octanol–water partition coefficient (Wildman–Crippen LogP) is 6.53. The molecule has 1 aromatic heterocycles. The number of ether oxygens (including phenoxy) is 1. The zero-order valence-corrected chi connectivity index (χ0v) is 18.6. The van der Waals surface area contributed by atoms with Gasteiger partial charge in [-0.1, -0.05) is 23.2 Å². The second-order valence-corrected chi connectivity index (χ2v) is 8.60. The fourth-order valence-electron chi connectivity index (χ4n) is 4.24. The van der Waals surface area contributed by atoms with Gasteiger partial charge in [0.1, 0.15) is 11.8 Å². The topological polar surface area (TPSA) is 88.5 Å². The lowest BCUT2D eigenvalue weighted by atomic mass is 9.92. The number of hydrogen-bond donors (Lipinski definition) is 1. The van der Waals surface area contributed by atoms with Crippen molar-refractivity contribution >= 4 is 45.9 Å². The smallest absolute Gasteiger partial charge is 0.410 e. The number of aromatic nitrogens is 1. The van der Waals surface area contributed by atoms with Gasteiger partial charge in [0.2, 0.25) is 0 Å². The molecule has 166 valence electrons. The van der Waals surface area contributed by atoms with E-state index in [4.69, 9.17) is 27.9 Å². The molecule has 1 N–H and O–H groups in total. The van der Waals surface area contributed by atoms with Crippen LogP contribution in [0.5, 0.6) is 5.75 Å². The van der Waals surface area contributed by atoms with Crippen molar-refractivity contribution in [1.29, 1.82) is 0 Å². The van der Waals surface area contributed by atoms with E-state index in [1.165, 1.54) is 12.1 Å². The van der Waals surface area contributed by atoms with Crippen molar-refractivity contribution in [2.75, 3.05) is 6.54 Å². The van der Waals surface area contributed by atoms with Gasteiger partial charge >= 0.3 is 6.09 Å². The first-order chi connectivity index (χ1) is 15.9. The first-order valence-electron chi connectivity index (χ1n) is 10.2. The quantitative estimate of drug-likeness (QED) is 0.266. The highest BCUT2D eigenvalue weighted by molar-refractivity contribution is 6.31. The summed E-state index contributed by atoms with van der Waals surface area (Å²) in [5, 5.41) is 13.3. The van der Waals surface area contributed by atoms with E-state index in [-0.39, 0.29) is 5.69 Å². The number of non-ortho nitro benzene ring substituents is 1. The molecule has 9 heteroatoms. The van der Waals surface area contributed by atoms with Crippen molar-refractivity contribution in [2.24, 2.45) is 0 Å². The van der Waals surface area contributed by atoms with Gasteiger partial charge in [-0.2, -0.15) is 0 Å². The summed E-state index contributed by atoms with van der Waals surface area (Å²) in [5.74, 6) is 0.376. The molecule has 1 aliphatic heterocycles. The molecule has 33 heavy (non-hydrogen) atoms. The van der Waals surface area contributed by atoms with Gasteiger partial charge in [-0.05, 0) is 72.1 Å². The maximum absolute atomic E-state index is 13.2. The van der Waals surface area contributed by atoms with Crippen LogP contribution < -0.4 is 4.74 Å². The van der Waals surface area contributed by atoms with E-state index in [1.807, 2.05) is 12.1 Å². The van der Waals surface area contributed by atoms with Crippen molar-refractivity contribution in [3.8, 4) is 5.75 Å². The predicted molar refractivity (Wildman–Crippen MR) is 126 cm³/mol. The molecule has 7 nitrogen and oxygen atoms in total. The second-order valence-electron chi connectivity index (χ2n) is 7.72. The van der Waals surface area contributed by atoms with Crippen LogP contribution in [0.25, 0.3) is 10.9 Å². The van der Waals surface area contributed by atoms with E-state index in [0.29, 0.717) is 28.8 Å². The monoisotopic (exact) mass is 481 g/mol. The lowest BCUT2D eigenvalue weighted by molar-refractivity contribution is -0.384. The highest BCUT2D eigenvalue weighted by Crippen LogP contribution is 2.40. The molecule has 0 saturated heterocycles. The molecular formula is C24H17Cl2N3O4. The average molecular weight is 482 g/mol. The van der Waals surface area contributed by atoms with Gasteiger partial charge < -0.3 is 9.72 Å². The summed E-state index contributed by atoms with van der Waals surface area (Å²) in [4.78, 5) is 28.9. The number of carbonyl (C=O) groups is 1. The number of rotatable bonds is 3. The largest absolute Gasteiger partial charge is 0.416 e. The molecule has 5 rings (SSSR count). The van der Waals surface area contributed by atoms with E-state index >= 15 is 0 Å². The maximum atomic E-state index is 13.2. The number of hydrogen-bond acceptors (Lipinski definition) is 4. The zero-order chi connectivity index (χ0) is 23.1. The number of aromatic amines is 1. The van der Waals surface area contributed by atoms with E-state index < -0.39 is 17.1 Å². The third-order valence-electron chi connectivity index (χ3n) is 5.76. The number of nitrogens with zero attached hydrogens (tertiary/aromatic N) is 2. The SMILES string of the molecule is O=C(Oc1ccc(Cl)cc1)N1CCc2c([nH]c3ccc(Cl)cc23)C1c1ccc([N+](=O)[O-])cc1. The molecule has 1 aliphatic rings. The molecule has 4 aromatic rings. The van der Waals surface area contributed by atoms with Gasteiger partial charge in [-0.15, -0.1) is 0 Å². The number of nitrogens with one attached hydrogen (secondary N) is 1. The molecule has 2 heterocycles. The van der Waals surface area contributed by atoms with Crippen molar-refractivity contribution in [2.45, 2.75) is 12.5 Å². The Morgan fingerprint density at radius 3 is 2.42 bits per heavy atom. The summed E-state index contributed by atoms with van der Waals surface area (Å²) in [5.41, 5.74) is 3.51. The minimum atomic E-state index is -0.525. The van der Waals surface area contributed by atoms with Gasteiger partial charge in [0.25, 0.3) is 5.69 Å². The Morgan fingerprint density at radius 2 is 1.73 bits per heavy atom. The molecular weight excluding hydrogens is 465 g/mol. The van der Waals surface area contributed by atoms with Gasteiger partial charge in [0.05, 0.1) is 4.92 Å². The first-order valence-corrected chi connectivity index (χ1v) is 10.9. The first kappa shape index (κ1) is 21.3. The third kappa shape index (κ3) is 4.01. The standard InChI is InChI=1S/C24H17Cl2N3O4/c25-15-3-8-18(9-4-15)33-24(30)28-12-11-19-20-13-16(26)5-10-21(20)27-22(19)23(28)14-1-6-17(7-2-14)29(31)32/h1-10,13,23,27H,11-12H2. The maximum Gasteiger partial charge on any atom is 0.416 e. The van der Waals surface area contributed by atoms with Gasteiger partial charge in [-0.25, -0.2) is 4.79 Å². The zero-order valence-electron chi connectivity index (χ0n) is 17.1. The Labute approximate surface area is 198 Å². The van der Waals surface area contributed by atoms with Gasteiger partial charge in [0, 0.05) is 45.3 Å². The Kier molecular flexibility index (Phi) is 5.44. The second kappa shape index (κ2) is 8.42. The highest BCUT2D eigenvalue weighted by Gasteiger charge is 2.36. The van der Waals surface area contributed by atoms with Crippen LogP contribution in [0.15, 0.2) is 66.7 Å². The molecule has 0 bridgehead atoms. The normalized spacial score (nSPS) is 15.3. The van der Waals surface area contributed by atoms with Crippen LogP contribution in [0.3, 0.4) is 0 Å². The van der Waals surface area contributed by atoms with E-state index in [9.17, 15) is 14.9 Å². The molecule has 0 aliphatic carbocycles. The van der Waals surface area contributed by atoms with Gasteiger partial charge in [0.15, 0.2) is 0 Å². The number of nitro benzene ring substituents is 1.